The molecule has 4 unspecified atom stereocenters. The quantitative estimate of drug-likeness (QED) is 0.687. The molecule has 3 heterocycles. The van der Waals surface area contributed by atoms with Crippen molar-refractivity contribution in [3.63, 3.8) is 0 Å². The van der Waals surface area contributed by atoms with E-state index in [0.29, 0.717) is 22.9 Å². The van der Waals surface area contributed by atoms with Gasteiger partial charge in [0.2, 0.25) is 0 Å². The van der Waals surface area contributed by atoms with E-state index in [9.17, 15) is 9.59 Å². The fraction of sp³-hybridized carbons (Fsp3) is 0.474. The Kier molecular flexibility index (Phi) is 4.43. The molecule has 1 saturated heterocycles. The third-order valence-corrected chi connectivity index (χ3v) is 5.88. The summed E-state index contributed by atoms with van der Waals surface area (Å²) < 4.78 is 13.5. The van der Waals surface area contributed by atoms with Gasteiger partial charge >= 0.3 is 5.69 Å². The van der Waals surface area contributed by atoms with Crippen molar-refractivity contribution in [2.75, 3.05) is 19.5 Å². The molecule has 2 aliphatic heterocycles. The normalized spacial score (nSPS) is 25.6. The second-order valence-corrected chi connectivity index (χ2v) is 7.34. The van der Waals surface area contributed by atoms with E-state index < -0.39 is 0 Å². The lowest BCUT2D eigenvalue weighted by Gasteiger charge is -2.38. The van der Waals surface area contributed by atoms with Crippen LogP contribution in [0.4, 0.5) is 5.82 Å². The second kappa shape index (κ2) is 6.68. The first-order chi connectivity index (χ1) is 13.4. The Morgan fingerprint density at radius 2 is 1.71 bits per heavy atom. The molecule has 1 fully saturated rings. The molecule has 3 N–H and O–H groups in total. The lowest BCUT2D eigenvalue weighted by atomic mass is 9.75. The number of hydrazine groups is 1. The minimum Gasteiger partial charge on any atom is -0.493 e. The van der Waals surface area contributed by atoms with E-state index in [2.05, 4.69) is 23.1 Å². The van der Waals surface area contributed by atoms with Gasteiger partial charge in [0.1, 0.15) is 5.82 Å². The fourth-order valence-electron chi connectivity index (χ4n) is 4.42. The smallest absolute Gasteiger partial charge is 0.332 e. The summed E-state index contributed by atoms with van der Waals surface area (Å²) >= 11 is 0. The van der Waals surface area contributed by atoms with E-state index in [1.165, 1.54) is 11.6 Å². The molecule has 9 heteroatoms. The zero-order chi connectivity index (χ0) is 20.2. The van der Waals surface area contributed by atoms with Crippen molar-refractivity contribution in [1.82, 2.24) is 20.0 Å². The number of methoxy groups -OCH3 is 2. The van der Waals surface area contributed by atoms with Gasteiger partial charge in [0, 0.05) is 32.0 Å². The van der Waals surface area contributed by atoms with Crippen molar-refractivity contribution < 1.29 is 9.47 Å². The zero-order valence-corrected chi connectivity index (χ0v) is 16.6. The summed E-state index contributed by atoms with van der Waals surface area (Å²) in [6.07, 6.45) is -0.127. The van der Waals surface area contributed by atoms with Gasteiger partial charge in [0.15, 0.2) is 11.5 Å². The first-order valence-electron chi connectivity index (χ1n) is 9.18. The van der Waals surface area contributed by atoms with Crippen LogP contribution in [0.2, 0.25) is 0 Å². The average Bonchev–Trinajstić information content (AvgIpc) is 3.09. The molecule has 150 valence electrons. The van der Waals surface area contributed by atoms with Crippen molar-refractivity contribution in [1.29, 1.82) is 0 Å². The van der Waals surface area contributed by atoms with Crippen LogP contribution in [0.5, 0.6) is 11.5 Å². The highest BCUT2D eigenvalue weighted by atomic mass is 16.5. The van der Waals surface area contributed by atoms with Crippen LogP contribution < -0.4 is 36.9 Å². The molecule has 9 nitrogen and oxygen atoms in total. The fourth-order valence-corrected chi connectivity index (χ4v) is 4.42. The van der Waals surface area contributed by atoms with Crippen molar-refractivity contribution >= 4 is 5.82 Å². The number of rotatable bonds is 3. The van der Waals surface area contributed by atoms with Gasteiger partial charge in [0.05, 0.1) is 25.9 Å². The highest BCUT2D eigenvalue weighted by molar-refractivity contribution is 5.56. The van der Waals surface area contributed by atoms with Crippen LogP contribution in [0.15, 0.2) is 27.8 Å². The number of nitrogens with one attached hydrogen (secondary N) is 3. The number of nitrogens with zero attached hydrogens (tertiary/aromatic N) is 2. The number of fused-ring (bicyclic) bond motifs is 2. The lowest BCUT2D eigenvalue weighted by Crippen LogP contribution is -2.50. The molecule has 2 aromatic rings. The Hall–Kier alpha value is -2.78. The summed E-state index contributed by atoms with van der Waals surface area (Å²) in [5.41, 5.74) is 7.35. The molecule has 1 aromatic carbocycles. The minimum absolute atomic E-state index is 0.0517. The van der Waals surface area contributed by atoms with E-state index >= 15 is 0 Å². The van der Waals surface area contributed by atoms with Crippen LogP contribution in [0.1, 0.15) is 24.0 Å². The largest absolute Gasteiger partial charge is 0.493 e. The van der Waals surface area contributed by atoms with E-state index in [1.54, 1.807) is 21.3 Å². The maximum Gasteiger partial charge on any atom is 0.332 e. The van der Waals surface area contributed by atoms with Crippen molar-refractivity contribution in [3.05, 3.63) is 50.2 Å². The topological polar surface area (TPSA) is 98.5 Å². The van der Waals surface area contributed by atoms with Gasteiger partial charge in [-0.3, -0.25) is 19.4 Å². The molecule has 0 amide bonds. The van der Waals surface area contributed by atoms with Crippen molar-refractivity contribution in [2.45, 2.75) is 25.0 Å². The third-order valence-electron chi connectivity index (χ3n) is 5.88. The van der Waals surface area contributed by atoms with Gasteiger partial charge in [-0.1, -0.05) is 6.07 Å². The Balaban J connectivity index is 2.00. The number of anilines is 1. The number of hydrogen-bond donors (Lipinski definition) is 3. The summed E-state index contributed by atoms with van der Waals surface area (Å²) in [4.78, 5) is 25.6. The molecule has 0 bridgehead atoms. The molecular weight excluding hydrogens is 362 g/mol. The predicted octanol–water partition coefficient (Wildman–Crippen LogP) is 0.0972. The predicted molar refractivity (Wildman–Crippen MR) is 105 cm³/mol. The van der Waals surface area contributed by atoms with E-state index in [4.69, 9.17) is 9.47 Å². The average molecular weight is 387 g/mol. The van der Waals surface area contributed by atoms with E-state index in [-0.39, 0.29) is 35.3 Å². The summed E-state index contributed by atoms with van der Waals surface area (Å²) in [5, 5.41) is 3.34. The summed E-state index contributed by atoms with van der Waals surface area (Å²) in [6, 6.07) is 5.81. The Bertz CT molecular complexity index is 1040. The first kappa shape index (κ1) is 18.6. The molecule has 1 aromatic heterocycles. The number of hydrogen-bond acceptors (Lipinski definition) is 7. The van der Waals surface area contributed by atoms with Gasteiger partial charge in [-0.25, -0.2) is 10.2 Å². The van der Waals surface area contributed by atoms with Crippen LogP contribution in [0.25, 0.3) is 0 Å². The third kappa shape index (κ3) is 2.54. The maximum absolute atomic E-state index is 13.2. The van der Waals surface area contributed by atoms with E-state index in [1.807, 2.05) is 18.2 Å². The van der Waals surface area contributed by atoms with Crippen molar-refractivity contribution in [3.8, 4) is 11.5 Å². The standard InChI is InChI=1S/C19H25N5O4/c1-9-13-14(10-6-7-11(27-4)12(8-10)28-5)15-17(20-16(13)22-21-9)23(2)19(26)24(3)18(15)25/h6-9,13-14,16,20-22H,1-5H3. The summed E-state index contributed by atoms with van der Waals surface area (Å²) in [7, 11) is 6.36. The SMILES string of the molecule is COc1ccc(C2c3c(n(C)c(=O)n(C)c3=O)NC3NNC(C)C32)cc1OC. The van der Waals surface area contributed by atoms with Gasteiger partial charge in [-0.15, -0.1) is 0 Å². The van der Waals surface area contributed by atoms with Crippen LogP contribution in [0, 0.1) is 5.92 Å². The van der Waals surface area contributed by atoms with Gasteiger partial charge in [-0.2, -0.15) is 0 Å². The second-order valence-electron chi connectivity index (χ2n) is 7.34. The monoisotopic (exact) mass is 387 g/mol. The first-order valence-corrected chi connectivity index (χ1v) is 9.18. The van der Waals surface area contributed by atoms with E-state index in [0.717, 1.165) is 10.1 Å². The Labute approximate surface area is 162 Å². The van der Waals surface area contributed by atoms with Crippen molar-refractivity contribution in [2.24, 2.45) is 20.0 Å². The van der Waals surface area contributed by atoms with Gasteiger partial charge in [-0.05, 0) is 24.6 Å². The van der Waals surface area contributed by atoms with Gasteiger partial charge < -0.3 is 14.8 Å². The minimum atomic E-state index is -0.361. The zero-order valence-electron chi connectivity index (χ0n) is 16.6. The molecule has 0 aliphatic carbocycles. The molecule has 28 heavy (non-hydrogen) atoms. The molecular formula is C19H25N5O4. The van der Waals surface area contributed by atoms with Crippen LogP contribution in [-0.2, 0) is 14.1 Å². The molecule has 4 atom stereocenters. The van der Waals surface area contributed by atoms with Crippen LogP contribution >= 0.6 is 0 Å². The van der Waals surface area contributed by atoms with Crippen LogP contribution in [-0.4, -0.2) is 35.6 Å². The Morgan fingerprint density at radius 3 is 2.39 bits per heavy atom. The number of benzene rings is 1. The van der Waals surface area contributed by atoms with Crippen LogP contribution in [0.3, 0.4) is 0 Å². The molecule has 0 saturated carbocycles. The highest BCUT2D eigenvalue weighted by Crippen LogP contribution is 2.44. The summed E-state index contributed by atoms with van der Waals surface area (Å²) in [6.45, 7) is 2.07. The summed E-state index contributed by atoms with van der Waals surface area (Å²) in [5.74, 6) is 1.59. The number of ether oxygens (including phenoxy) is 2. The highest BCUT2D eigenvalue weighted by Gasteiger charge is 2.47. The number of aromatic nitrogens is 2. The molecule has 4 rings (SSSR count). The maximum atomic E-state index is 13.2. The molecule has 0 radical (unpaired) electrons. The lowest BCUT2D eigenvalue weighted by molar-refractivity contribution is 0.351. The Morgan fingerprint density at radius 1 is 1.00 bits per heavy atom. The molecule has 0 spiro atoms. The molecule has 2 aliphatic rings. The van der Waals surface area contributed by atoms with Gasteiger partial charge in [0.25, 0.3) is 5.56 Å².